The van der Waals surface area contributed by atoms with Crippen molar-refractivity contribution in [2.45, 2.75) is 25.3 Å². The number of anilines is 1. The average molecular weight is 657 g/mol. The van der Waals surface area contributed by atoms with Crippen molar-refractivity contribution in [2.24, 2.45) is 0 Å². The van der Waals surface area contributed by atoms with E-state index in [0.717, 1.165) is 59.7 Å². The lowest BCUT2D eigenvalue weighted by Crippen LogP contribution is -2.43. The van der Waals surface area contributed by atoms with E-state index in [-0.39, 0.29) is 23.1 Å². The standard InChI is InChI=1S/C35H33FN6O2S.ClH/c1-24-6-12-31(13-7-24)45(43,44)42-23-34(33-21-39-41(25(33)2)22-26-4-3-5-29(36)18-26)32-19-28(20-38-35(32)42)27-8-10-30(11-9-27)40-16-14-37-15-17-40;/h3-13,18-21,23,37H,14-17,22H2,1-2H3;1H. The Labute approximate surface area is 274 Å². The molecule has 0 unspecified atom stereocenters. The molecule has 8 nitrogen and oxygen atoms in total. The molecule has 0 bridgehead atoms. The van der Waals surface area contributed by atoms with Crippen molar-refractivity contribution in [3.05, 3.63) is 120 Å². The van der Waals surface area contributed by atoms with Gasteiger partial charge in [0.1, 0.15) is 5.82 Å². The molecule has 3 aromatic heterocycles. The van der Waals surface area contributed by atoms with Crippen molar-refractivity contribution in [2.75, 3.05) is 31.1 Å². The summed E-state index contributed by atoms with van der Waals surface area (Å²) in [7, 11) is -3.95. The van der Waals surface area contributed by atoms with E-state index < -0.39 is 10.0 Å². The van der Waals surface area contributed by atoms with Gasteiger partial charge in [0.15, 0.2) is 5.65 Å². The first-order chi connectivity index (χ1) is 21.8. The zero-order valence-electron chi connectivity index (χ0n) is 25.5. The Hall–Kier alpha value is -4.51. The normalized spacial score (nSPS) is 13.6. The summed E-state index contributed by atoms with van der Waals surface area (Å²) in [6.45, 7) is 8.09. The quantitative estimate of drug-likeness (QED) is 0.213. The third kappa shape index (κ3) is 5.91. The molecule has 0 radical (unpaired) electrons. The second-order valence-electron chi connectivity index (χ2n) is 11.5. The number of hydrogen-bond acceptors (Lipinski definition) is 6. The highest BCUT2D eigenvalue weighted by molar-refractivity contribution is 7.90. The minimum atomic E-state index is -3.95. The van der Waals surface area contributed by atoms with Crippen LogP contribution in [0.2, 0.25) is 0 Å². The molecule has 1 N–H and O–H groups in total. The summed E-state index contributed by atoms with van der Waals surface area (Å²) >= 11 is 0. The summed E-state index contributed by atoms with van der Waals surface area (Å²) < 4.78 is 44.9. The topological polar surface area (TPSA) is 85.0 Å². The molecule has 1 aliphatic heterocycles. The monoisotopic (exact) mass is 656 g/mol. The molecule has 0 atom stereocenters. The minimum Gasteiger partial charge on any atom is -0.369 e. The lowest BCUT2D eigenvalue weighted by Gasteiger charge is -2.29. The van der Waals surface area contributed by atoms with Crippen molar-refractivity contribution < 1.29 is 12.8 Å². The van der Waals surface area contributed by atoms with E-state index in [4.69, 9.17) is 4.98 Å². The number of benzene rings is 3. The fourth-order valence-corrected chi connectivity index (χ4v) is 7.25. The van der Waals surface area contributed by atoms with E-state index >= 15 is 0 Å². The van der Waals surface area contributed by atoms with E-state index in [2.05, 4.69) is 39.6 Å². The van der Waals surface area contributed by atoms with E-state index in [0.29, 0.717) is 23.1 Å². The SMILES string of the molecule is Cc1ccc(S(=O)(=O)n2cc(-c3cnn(Cc4cccc(F)c4)c3C)c3cc(-c4ccc(N5CCNCC5)cc4)cnc32)cc1.Cl. The van der Waals surface area contributed by atoms with Crippen LogP contribution in [0.3, 0.4) is 0 Å². The maximum atomic E-state index is 14.0. The van der Waals surface area contributed by atoms with Crippen molar-refractivity contribution in [1.82, 2.24) is 24.1 Å². The first-order valence-corrected chi connectivity index (χ1v) is 16.4. The van der Waals surface area contributed by atoms with Gasteiger partial charge in [-0.05, 0) is 67.4 Å². The van der Waals surface area contributed by atoms with Crippen LogP contribution in [-0.2, 0) is 16.6 Å². The zero-order valence-corrected chi connectivity index (χ0v) is 27.2. The third-order valence-corrected chi connectivity index (χ3v) is 10.2. The van der Waals surface area contributed by atoms with Gasteiger partial charge in [-0.1, -0.05) is 42.0 Å². The van der Waals surface area contributed by atoms with Crippen LogP contribution in [0.4, 0.5) is 10.1 Å². The van der Waals surface area contributed by atoms with E-state index in [1.54, 1.807) is 53.6 Å². The summed E-state index contributed by atoms with van der Waals surface area (Å²) in [6.07, 6.45) is 5.11. The maximum absolute atomic E-state index is 14.0. The predicted octanol–water partition coefficient (Wildman–Crippen LogP) is 6.44. The van der Waals surface area contributed by atoms with Crippen LogP contribution in [0.25, 0.3) is 33.3 Å². The van der Waals surface area contributed by atoms with Gasteiger partial charge in [-0.2, -0.15) is 5.10 Å². The number of nitrogens with one attached hydrogen (secondary N) is 1. The van der Waals surface area contributed by atoms with Crippen LogP contribution < -0.4 is 10.2 Å². The van der Waals surface area contributed by atoms with Gasteiger partial charge >= 0.3 is 0 Å². The number of hydrogen-bond donors (Lipinski definition) is 1. The third-order valence-electron chi connectivity index (χ3n) is 8.49. The predicted molar refractivity (Wildman–Crippen MR) is 183 cm³/mol. The van der Waals surface area contributed by atoms with Gasteiger partial charge in [0.25, 0.3) is 10.0 Å². The molecule has 6 aromatic rings. The van der Waals surface area contributed by atoms with Gasteiger partial charge < -0.3 is 10.2 Å². The summed E-state index contributed by atoms with van der Waals surface area (Å²) in [6, 6.07) is 23.7. The number of pyridine rings is 1. The Kier molecular flexibility index (Phi) is 8.69. The number of piperazine rings is 1. The van der Waals surface area contributed by atoms with Crippen LogP contribution in [0.15, 0.2) is 102 Å². The minimum absolute atomic E-state index is 0. The van der Waals surface area contributed by atoms with Gasteiger partial charge in [-0.25, -0.2) is 21.8 Å². The second-order valence-corrected chi connectivity index (χ2v) is 13.3. The van der Waals surface area contributed by atoms with E-state index in [1.807, 2.05) is 26.0 Å². The van der Waals surface area contributed by atoms with Crippen molar-refractivity contribution in [3.8, 4) is 22.3 Å². The molecule has 0 aliphatic carbocycles. The molecular weight excluding hydrogens is 623 g/mol. The number of halogens is 2. The molecular formula is C35H34ClFN6O2S. The molecule has 1 aliphatic rings. The van der Waals surface area contributed by atoms with Gasteiger partial charge in [0, 0.05) is 72.0 Å². The smallest absolute Gasteiger partial charge is 0.269 e. The number of aryl methyl sites for hydroxylation is 1. The first kappa shape index (κ1) is 31.5. The van der Waals surface area contributed by atoms with Gasteiger partial charge in [-0.3, -0.25) is 4.68 Å². The highest BCUT2D eigenvalue weighted by atomic mass is 35.5. The summed E-state index contributed by atoms with van der Waals surface area (Å²) in [5, 5.41) is 8.69. The first-order valence-electron chi connectivity index (χ1n) is 14.9. The summed E-state index contributed by atoms with van der Waals surface area (Å²) in [5.41, 5.74) is 7.45. The fourth-order valence-electron chi connectivity index (χ4n) is 5.93. The largest absolute Gasteiger partial charge is 0.369 e. The van der Waals surface area contributed by atoms with E-state index in [1.165, 1.54) is 21.8 Å². The number of rotatable bonds is 7. The molecule has 0 spiro atoms. The Morgan fingerprint density at radius 3 is 2.33 bits per heavy atom. The summed E-state index contributed by atoms with van der Waals surface area (Å²) in [4.78, 5) is 7.28. The fraction of sp³-hybridized carbons (Fsp3) is 0.200. The zero-order chi connectivity index (χ0) is 31.1. The highest BCUT2D eigenvalue weighted by Gasteiger charge is 2.25. The lowest BCUT2D eigenvalue weighted by atomic mass is 10.0. The van der Waals surface area contributed by atoms with Gasteiger partial charge in [-0.15, -0.1) is 12.4 Å². The molecule has 0 saturated carbocycles. The summed E-state index contributed by atoms with van der Waals surface area (Å²) in [5.74, 6) is -0.304. The second kappa shape index (κ2) is 12.7. The van der Waals surface area contributed by atoms with Gasteiger partial charge in [0.2, 0.25) is 0 Å². The molecule has 1 saturated heterocycles. The molecule has 1 fully saturated rings. The number of nitrogens with zero attached hydrogens (tertiary/aromatic N) is 5. The Balaban J connectivity index is 0.00000372. The van der Waals surface area contributed by atoms with Crippen molar-refractivity contribution in [1.29, 1.82) is 0 Å². The average Bonchev–Trinajstić information content (AvgIpc) is 3.61. The van der Waals surface area contributed by atoms with Crippen LogP contribution in [0, 0.1) is 19.7 Å². The van der Waals surface area contributed by atoms with Crippen molar-refractivity contribution in [3.63, 3.8) is 0 Å². The van der Waals surface area contributed by atoms with Crippen LogP contribution >= 0.6 is 12.4 Å². The van der Waals surface area contributed by atoms with Crippen LogP contribution in [0.1, 0.15) is 16.8 Å². The van der Waals surface area contributed by atoms with Gasteiger partial charge in [0.05, 0.1) is 17.6 Å². The Bertz CT molecular complexity index is 2120. The molecule has 46 heavy (non-hydrogen) atoms. The molecule has 236 valence electrons. The number of fused-ring (bicyclic) bond motifs is 1. The van der Waals surface area contributed by atoms with Crippen LogP contribution in [0.5, 0.6) is 0 Å². The van der Waals surface area contributed by atoms with Crippen molar-refractivity contribution >= 4 is 39.2 Å². The van der Waals surface area contributed by atoms with E-state index in [9.17, 15) is 12.8 Å². The molecule has 11 heteroatoms. The molecule has 3 aromatic carbocycles. The maximum Gasteiger partial charge on any atom is 0.269 e. The Morgan fingerprint density at radius 2 is 1.61 bits per heavy atom. The highest BCUT2D eigenvalue weighted by Crippen LogP contribution is 2.36. The van der Waals surface area contributed by atoms with Crippen LogP contribution in [-0.4, -0.2) is 53.3 Å². The number of aromatic nitrogens is 4. The lowest BCUT2D eigenvalue weighted by molar-refractivity contribution is 0.588. The Morgan fingerprint density at radius 1 is 0.870 bits per heavy atom. The molecule has 0 amide bonds. The molecule has 7 rings (SSSR count). The molecule has 4 heterocycles.